The van der Waals surface area contributed by atoms with Gasteiger partial charge in [0.05, 0.1) is 0 Å². The van der Waals surface area contributed by atoms with Gasteiger partial charge in [0.25, 0.3) is 0 Å². The second-order valence-corrected chi connectivity index (χ2v) is 10.7. The third kappa shape index (κ3) is 10.7. The standard InChI is InChI=1S/C13H23NO4.C12H23N/c1-13(2,3)18-12(17)14-10(11(15)16)9-7-5-4-6-8-9;1-3-7-11(8-4-1)13-12-9-5-2-6-10-12/h9-10H,4-8H2,1-3H3,(H,14,17)(H,15,16);11-13H,1-10H2/t10-;/m1./s1. The van der Waals surface area contributed by atoms with Crippen LogP contribution in [0.25, 0.3) is 0 Å². The Morgan fingerprint density at radius 1 is 0.774 bits per heavy atom. The average Bonchev–Trinajstić information content (AvgIpc) is 2.73. The third-order valence-corrected chi connectivity index (χ3v) is 6.74. The lowest BCUT2D eigenvalue weighted by Gasteiger charge is -2.30. The number of carboxylic acid groups (broad SMARTS) is 1. The van der Waals surface area contributed by atoms with Crippen LogP contribution in [0.5, 0.6) is 0 Å². The molecule has 0 aromatic rings. The summed E-state index contributed by atoms with van der Waals surface area (Å²) >= 11 is 0. The molecule has 3 saturated carbocycles. The van der Waals surface area contributed by atoms with Crippen molar-refractivity contribution < 1.29 is 19.4 Å². The zero-order valence-corrected chi connectivity index (χ0v) is 20.1. The first kappa shape index (κ1) is 26.0. The molecule has 0 radical (unpaired) electrons. The van der Waals surface area contributed by atoms with Crippen LogP contribution in [0.3, 0.4) is 0 Å². The maximum absolute atomic E-state index is 11.6. The quantitative estimate of drug-likeness (QED) is 0.506. The van der Waals surface area contributed by atoms with Crippen molar-refractivity contribution in [1.29, 1.82) is 0 Å². The van der Waals surface area contributed by atoms with Crippen molar-refractivity contribution in [1.82, 2.24) is 10.6 Å². The molecule has 3 rings (SSSR count). The third-order valence-electron chi connectivity index (χ3n) is 6.74. The molecule has 0 aromatic carbocycles. The number of carbonyl (C=O) groups excluding carboxylic acids is 1. The minimum absolute atomic E-state index is 0.0174. The number of carboxylic acids is 1. The van der Waals surface area contributed by atoms with E-state index in [1.807, 2.05) is 0 Å². The molecule has 3 N–H and O–H groups in total. The molecule has 0 bridgehead atoms. The molecule has 3 aliphatic carbocycles. The first-order valence-corrected chi connectivity index (χ1v) is 12.7. The highest BCUT2D eigenvalue weighted by Gasteiger charge is 2.32. The fraction of sp³-hybridized carbons (Fsp3) is 0.920. The number of hydrogen-bond donors (Lipinski definition) is 3. The molecule has 0 unspecified atom stereocenters. The van der Waals surface area contributed by atoms with Crippen molar-refractivity contribution in [3.63, 3.8) is 0 Å². The lowest BCUT2D eigenvalue weighted by Crippen LogP contribution is -2.48. The highest BCUT2D eigenvalue weighted by molar-refractivity contribution is 5.80. The van der Waals surface area contributed by atoms with Crippen LogP contribution in [0.4, 0.5) is 4.79 Å². The Balaban J connectivity index is 0.000000231. The summed E-state index contributed by atoms with van der Waals surface area (Å²) in [6.07, 6.45) is 18.8. The second kappa shape index (κ2) is 13.3. The fourth-order valence-electron chi connectivity index (χ4n) is 5.16. The SMILES string of the molecule is C1CCC(NC2CCCCC2)CC1.CC(C)(C)OC(=O)N[C@@H](C(=O)O)C1CCCCC1. The van der Waals surface area contributed by atoms with Gasteiger partial charge in [0.15, 0.2) is 0 Å². The Morgan fingerprint density at radius 2 is 1.19 bits per heavy atom. The zero-order chi connectivity index (χ0) is 22.7. The Labute approximate surface area is 189 Å². The van der Waals surface area contributed by atoms with E-state index in [4.69, 9.17) is 4.74 Å². The summed E-state index contributed by atoms with van der Waals surface area (Å²) in [5.41, 5.74) is -0.611. The summed E-state index contributed by atoms with van der Waals surface area (Å²) in [6, 6.07) is 0.911. The van der Waals surface area contributed by atoms with Crippen molar-refractivity contribution in [3.8, 4) is 0 Å². The number of ether oxygens (including phenoxy) is 1. The summed E-state index contributed by atoms with van der Waals surface area (Å²) in [5, 5.41) is 15.5. The predicted molar refractivity (Wildman–Crippen MR) is 124 cm³/mol. The van der Waals surface area contributed by atoms with Crippen LogP contribution in [0.15, 0.2) is 0 Å². The van der Waals surface area contributed by atoms with Gasteiger partial charge < -0.3 is 20.5 Å². The summed E-state index contributed by atoms with van der Waals surface area (Å²) in [6.45, 7) is 5.26. The average molecular weight is 439 g/mol. The van der Waals surface area contributed by atoms with E-state index in [9.17, 15) is 14.7 Å². The van der Waals surface area contributed by atoms with Gasteiger partial charge in [-0.15, -0.1) is 0 Å². The Morgan fingerprint density at radius 3 is 1.58 bits per heavy atom. The van der Waals surface area contributed by atoms with Gasteiger partial charge in [-0.25, -0.2) is 9.59 Å². The maximum atomic E-state index is 11.6. The lowest BCUT2D eigenvalue weighted by atomic mass is 9.84. The maximum Gasteiger partial charge on any atom is 0.408 e. The number of alkyl carbamates (subject to hydrolysis) is 1. The van der Waals surface area contributed by atoms with Crippen molar-refractivity contribution in [2.75, 3.05) is 0 Å². The van der Waals surface area contributed by atoms with Crippen LogP contribution in [-0.2, 0) is 9.53 Å². The molecule has 1 atom stereocenters. The van der Waals surface area contributed by atoms with Gasteiger partial charge in [0.1, 0.15) is 11.6 Å². The molecular weight excluding hydrogens is 392 g/mol. The van der Waals surface area contributed by atoms with Crippen LogP contribution in [0.2, 0.25) is 0 Å². The molecule has 3 aliphatic rings. The van der Waals surface area contributed by atoms with Crippen molar-refractivity contribution in [3.05, 3.63) is 0 Å². The smallest absolute Gasteiger partial charge is 0.408 e. The molecular formula is C25H46N2O4. The summed E-state index contributed by atoms with van der Waals surface area (Å²) in [4.78, 5) is 22.8. The van der Waals surface area contributed by atoms with Gasteiger partial charge in [-0.05, 0) is 65.2 Å². The first-order chi connectivity index (χ1) is 14.7. The summed E-state index contributed by atoms with van der Waals surface area (Å²) in [7, 11) is 0. The number of carbonyl (C=O) groups is 2. The molecule has 6 nitrogen and oxygen atoms in total. The number of amides is 1. The fourth-order valence-corrected chi connectivity index (χ4v) is 5.16. The molecule has 0 aromatic heterocycles. The second-order valence-electron chi connectivity index (χ2n) is 10.7. The van der Waals surface area contributed by atoms with Gasteiger partial charge in [0.2, 0.25) is 0 Å². The molecule has 0 heterocycles. The van der Waals surface area contributed by atoms with E-state index in [0.717, 1.165) is 44.2 Å². The van der Waals surface area contributed by atoms with Crippen LogP contribution in [0, 0.1) is 5.92 Å². The minimum atomic E-state index is -0.979. The van der Waals surface area contributed by atoms with E-state index >= 15 is 0 Å². The Kier molecular flexibility index (Phi) is 11.1. The van der Waals surface area contributed by atoms with Crippen molar-refractivity contribution in [2.24, 2.45) is 5.92 Å². The lowest BCUT2D eigenvalue weighted by molar-refractivity contribution is -0.141. The van der Waals surface area contributed by atoms with Gasteiger partial charge in [-0.1, -0.05) is 57.8 Å². The number of hydrogen-bond acceptors (Lipinski definition) is 4. The minimum Gasteiger partial charge on any atom is -0.480 e. The highest BCUT2D eigenvalue weighted by Crippen LogP contribution is 2.27. The number of aliphatic carboxylic acids is 1. The van der Waals surface area contributed by atoms with E-state index in [1.54, 1.807) is 20.8 Å². The Bertz CT molecular complexity index is 512. The number of nitrogens with one attached hydrogen (secondary N) is 2. The highest BCUT2D eigenvalue weighted by atomic mass is 16.6. The molecule has 3 fully saturated rings. The zero-order valence-electron chi connectivity index (χ0n) is 20.1. The van der Waals surface area contributed by atoms with E-state index in [0.29, 0.717) is 0 Å². The van der Waals surface area contributed by atoms with Crippen LogP contribution in [0.1, 0.15) is 117 Å². The van der Waals surface area contributed by atoms with Crippen molar-refractivity contribution in [2.45, 2.75) is 141 Å². The monoisotopic (exact) mass is 438 g/mol. The predicted octanol–water partition coefficient (Wildman–Crippen LogP) is 5.79. The molecule has 1 amide bonds. The summed E-state index contributed by atoms with van der Waals surface area (Å²) in [5.74, 6) is -0.962. The van der Waals surface area contributed by atoms with Gasteiger partial charge in [-0.2, -0.15) is 0 Å². The van der Waals surface area contributed by atoms with Gasteiger partial charge in [-0.3, -0.25) is 0 Å². The van der Waals surface area contributed by atoms with Gasteiger partial charge >= 0.3 is 12.1 Å². The van der Waals surface area contributed by atoms with E-state index in [-0.39, 0.29) is 5.92 Å². The van der Waals surface area contributed by atoms with Crippen LogP contribution >= 0.6 is 0 Å². The number of rotatable bonds is 5. The molecule has 0 spiro atoms. The molecule has 0 saturated heterocycles. The van der Waals surface area contributed by atoms with E-state index in [2.05, 4.69) is 10.6 Å². The van der Waals surface area contributed by atoms with Crippen LogP contribution < -0.4 is 10.6 Å². The van der Waals surface area contributed by atoms with Gasteiger partial charge in [0, 0.05) is 12.1 Å². The van der Waals surface area contributed by atoms with Crippen LogP contribution in [-0.4, -0.2) is 40.9 Å². The topological polar surface area (TPSA) is 87.7 Å². The van der Waals surface area contributed by atoms with E-state index in [1.165, 1.54) is 64.2 Å². The largest absolute Gasteiger partial charge is 0.480 e. The Hall–Kier alpha value is -1.30. The normalized spacial score (nSPS) is 22.7. The van der Waals surface area contributed by atoms with Crippen molar-refractivity contribution >= 4 is 12.1 Å². The molecule has 0 aliphatic heterocycles. The molecule has 6 heteroatoms. The first-order valence-electron chi connectivity index (χ1n) is 12.7. The summed E-state index contributed by atoms with van der Waals surface area (Å²) < 4.78 is 5.10. The molecule has 31 heavy (non-hydrogen) atoms. The molecule has 180 valence electrons. The van der Waals surface area contributed by atoms with E-state index < -0.39 is 23.7 Å².